The molecular formula is C26H13F9. The smallest absolute Gasteiger partial charge is 0.206 e. The van der Waals surface area contributed by atoms with Crippen molar-refractivity contribution < 1.29 is 39.5 Å². The number of hydrogen-bond donors (Lipinski definition) is 0. The Morgan fingerprint density at radius 3 is 1.60 bits per heavy atom. The summed E-state index contributed by atoms with van der Waals surface area (Å²) in [5.74, 6) is -1.34. The zero-order valence-corrected chi connectivity index (χ0v) is 17.8. The Bertz CT molecular complexity index is 1340. The largest absolute Gasteiger partial charge is 0.458 e. The van der Waals surface area contributed by atoms with Crippen LogP contribution in [-0.2, 0) is 6.42 Å². The van der Waals surface area contributed by atoms with E-state index in [0.29, 0.717) is 42.7 Å². The zero-order chi connectivity index (χ0) is 25.9. The molecule has 0 saturated carbocycles. The van der Waals surface area contributed by atoms with Crippen molar-refractivity contribution >= 4 is 0 Å². The molecule has 0 unspecified atom stereocenters. The van der Waals surface area contributed by atoms with Gasteiger partial charge >= 0.3 is 6.18 Å². The highest BCUT2D eigenvalue weighted by molar-refractivity contribution is 5.67. The molecule has 0 aliphatic carbocycles. The fraction of sp³-hybridized carbons (Fsp3) is 0.154. The first kappa shape index (κ1) is 25.8. The first-order valence-electron chi connectivity index (χ1n) is 9.98. The molecule has 3 rings (SSSR count). The number of halogens is 9. The predicted molar refractivity (Wildman–Crippen MR) is 111 cm³/mol. The lowest BCUT2D eigenvalue weighted by atomic mass is 9.99. The number of hydrogen-bond acceptors (Lipinski definition) is 0. The Labute approximate surface area is 194 Å². The zero-order valence-electron chi connectivity index (χ0n) is 17.8. The van der Waals surface area contributed by atoms with Crippen LogP contribution in [0.5, 0.6) is 0 Å². The van der Waals surface area contributed by atoms with Crippen molar-refractivity contribution in [3.63, 3.8) is 0 Å². The maximum atomic E-state index is 14.5. The average Bonchev–Trinajstić information content (AvgIpc) is 2.71. The van der Waals surface area contributed by atoms with Gasteiger partial charge < -0.3 is 0 Å². The molecule has 0 atom stereocenters. The number of rotatable bonds is 3. The van der Waals surface area contributed by atoms with Crippen molar-refractivity contribution in [3.8, 4) is 34.8 Å². The SMILES string of the molecule is CCCc1cc(F)c(-c2cc(F)c(C#Cc3cc(F)c(C#CC(F)(F)F)c(F)c3)c(F)c2)c(F)c1. The van der Waals surface area contributed by atoms with Crippen LogP contribution in [0, 0.1) is 58.6 Å². The Morgan fingerprint density at radius 2 is 1.11 bits per heavy atom. The monoisotopic (exact) mass is 496 g/mol. The second-order valence-electron chi connectivity index (χ2n) is 7.31. The molecule has 0 aliphatic rings. The van der Waals surface area contributed by atoms with Gasteiger partial charge in [-0.1, -0.05) is 31.1 Å². The van der Waals surface area contributed by atoms with E-state index in [0.717, 1.165) is 18.1 Å². The molecule has 0 spiro atoms. The normalized spacial score (nSPS) is 10.9. The highest BCUT2D eigenvalue weighted by Gasteiger charge is 2.23. The van der Waals surface area contributed by atoms with Crippen LogP contribution in [0.15, 0.2) is 36.4 Å². The van der Waals surface area contributed by atoms with E-state index in [1.807, 2.05) is 12.8 Å². The topological polar surface area (TPSA) is 0 Å². The molecule has 0 amide bonds. The molecule has 0 saturated heterocycles. The Hall–Kier alpha value is -3.85. The predicted octanol–water partition coefficient (Wildman–Crippen LogP) is 7.45. The second-order valence-corrected chi connectivity index (χ2v) is 7.31. The van der Waals surface area contributed by atoms with Gasteiger partial charge in [0.05, 0.1) is 16.7 Å². The molecule has 180 valence electrons. The van der Waals surface area contributed by atoms with Gasteiger partial charge in [-0.25, -0.2) is 26.3 Å². The molecule has 0 heterocycles. The number of aryl methyl sites for hydroxylation is 1. The third-order valence-electron chi connectivity index (χ3n) is 4.67. The minimum atomic E-state index is -4.97. The summed E-state index contributed by atoms with van der Waals surface area (Å²) in [4.78, 5) is 0. The van der Waals surface area contributed by atoms with Crippen molar-refractivity contribution in [2.24, 2.45) is 0 Å². The highest BCUT2D eigenvalue weighted by Crippen LogP contribution is 2.30. The summed E-state index contributed by atoms with van der Waals surface area (Å²) >= 11 is 0. The Morgan fingerprint density at radius 1 is 0.629 bits per heavy atom. The van der Waals surface area contributed by atoms with Crippen LogP contribution in [0.1, 0.15) is 35.6 Å². The minimum Gasteiger partial charge on any atom is -0.206 e. The maximum Gasteiger partial charge on any atom is 0.458 e. The van der Waals surface area contributed by atoms with E-state index < -0.39 is 68.9 Å². The summed E-state index contributed by atoms with van der Waals surface area (Å²) < 4.78 is 122. The van der Waals surface area contributed by atoms with Crippen molar-refractivity contribution in [1.82, 2.24) is 0 Å². The van der Waals surface area contributed by atoms with Crippen LogP contribution in [0.2, 0.25) is 0 Å². The minimum absolute atomic E-state index is 0.379. The van der Waals surface area contributed by atoms with Gasteiger partial charge in [-0.2, -0.15) is 13.2 Å². The van der Waals surface area contributed by atoms with E-state index in [1.54, 1.807) is 0 Å². The van der Waals surface area contributed by atoms with Crippen molar-refractivity contribution in [2.75, 3.05) is 0 Å². The first-order chi connectivity index (χ1) is 16.4. The molecule has 3 aromatic carbocycles. The van der Waals surface area contributed by atoms with Crippen LogP contribution in [0.4, 0.5) is 39.5 Å². The summed E-state index contributed by atoms with van der Waals surface area (Å²) in [6.07, 6.45) is -3.93. The number of alkyl halides is 3. The lowest BCUT2D eigenvalue weighted by Gasteiger charge is -2.09. The molecular weight excluding hydrogens is 483 g/mol. The van der Waals surface area contributed by atoms with Gasteiger partial charge in [0.1, 0.15) is 34.9 Å². The average molecular weight is 496 g/mol. The summed E-state index contributed by atoms with van der Waals surface area (Å²) in [6, 6.07) is 4.54. The fourth-order valence-electron chi connectivity index (χ4n) is 3.20. The summed E-state index contributed by atoms with van der Waals surface area (Å²) in [5.41, 5.74) is -3.12. The van der Waals surface area contributed by atoms with Crippen LogP contribution in [0.3, 0.4) is 0 Å². The molecule has 0 aliphatic heterocycles. The van der Waals surface area contributed by atoms with E-state index in [2.05, 4.69) is 5.92 Å². The van der Waals surface area contributed by atoms with Gasteiger partial charge in [0.15, 0.2) is 0 Å². The van der Waals surface area contributed by atoms with Gasteiger partial charge in [0, 0.05) is 11.5 Å². The van der Waals surface area contributed by atoms with Crippen LogP contribution < -0.4 is 0 Å². The molecule has 3 aromatic rings. The van der Waals surface area contributed by atoms with Gasteiger partial charge in [0.25, 0.3) is 0 Å². The van der Waals surface area contributed by atoms with Gasteiger partial charge in [0.2, 0.25) is 0 Å². The molecule has 0 aromatic heterocycles. The quantitative estimate of drug-likeness (QED) is 0.261. The molecule has 35 heavy (non-hydrogen) atoms. The molecule has 0 N–H and O–H groups in total. The van der Waals surface area contributed by atoms with Crippen molar-refractivity contribution in [3.05, 3.63) is 93.6 Å². The fourth-order valence-corrected chi connectivity index (χ4v) is 3.20. The molecule has 0 radical (unpaired) electrons. The van der Waals surface area contributed by atoms with Crippen molar-refractivity contribution in [2.45, 2.75) is 25.9 Å². The van der Waals surface area contributed by atoms with E-state index in [4.69, 9.17) is 0 Å². The molecule has 0 fully saturated rings. The van der Waals surface area contributed by atoms with Gasteiger partial charge in [-0.15, -0.1) is 0 Å². The molecule has 0 bridgehead atoms. The van der Waals surface area contributed by atoms with Crippen LogP contribution >= 0.6 is 0 Å². The molecule has 9 heteroatoms. The summed E-state index contributed by atoms with van der Waals surface area (Å²) in [6.45, 7) is 1.81. The summed E-state index contributed by atoms with van der Waals surface area (Å²) in [7, 11) is 0. The van der Waals surface area contributed by atoms with Crippen LogP contribution in [-0.4, -0.2) is 6.18 Å². The second kappa shape index (κ2) is 10.2. The van der Waals surface area contributed by atoms with Crippen molar-refractivity contribution in [1.29, 1.82) is 0 Å². The summed E-state index contributed by atoms with van der Waals surface area (Å²) in [5, 5.41) is 0. The molecule has 0 nitrogen and oxygen atoms in total. The van der Waals surface area contributed by atoms with E-state index in [-0.39, 0.29) is 0 Å². The maximum absolute atomic E-state index is 14.5. The van der Waals surface area contributed by atoms with E-state index in [9.17, 15) is 39.5 Å². The van der Waals surface area contributed by atoms with Crippen LogP contribution in [0.25, 0.3) is 11.1 Å². The number of benzene rings is 3. The highest BCUT2D eigenvalue weighted by atomic mass is 19.4. The van der Waals surface area contributed by atoms with Gasteiger partial charge in [-0.3, -0.25) is 0 Å². The van der Waals surface area contributed by atoms with E-state index in [1.165, 1.54) is 5.92 Å². The van der Waals surface area contributed by atoms with Gasteiger partial charge in [-0.05, 0) is 53.9 Å². The third-order valence-corrected chi connectivity index (χ3v) is 4.67. The Kier molecular flexibility index (Phi) is 7.50. The Balaban J connectivity index is 1.98. The third kappa shape index (κ3) is 6.19. The first-order valence-corrected chi connectivity index (χ1v) is 9.98. The standard InChI is InChI=1S/C26H13F9/c1-2-3-14-10-23(31)25(24(32)11-14)16-12-21(29)17(22(30)13-16)5-4-15-8-19(27)18(20(28)9-15)6-7-26(33,34)35/h8-13H,2-3H2,1H3. The van der Waals surface area contributed by atoms with E-state index >= 15 is 0 Å². The lowest BCUT2D eigenvalue weighted by Crippen LogP contribution is -2.02. The lowest BCUT2D eigenvalue weighted by molar-refractivity contribution is -0.0696.